The Hall–Kier alpha value is -1.06. The molecule has 0 amide bonds. The van der Waals surface area contributed by atoms with Gasteiger partial charge in [0.2, 0.25) is 0 Å². The second-order valence-electron chi connectivity index (χ2n) is 5.31. The van der Waals surface area contributed by atoms with Gasteiger partial charge in [0.25, 0.3) is 0 Å². The zero-order chi connectivity index (χ0) is 13.0. The molecule has 2 N–H and O–H groups in total. The van der Waals surface area contributed by atoms with Gasteiger partial charge >= 0.3 is 0 Å². The van der Waals surface area contributed by atoms with Crippen molar-refractivity contribution in [1.82, 2.24) is 0 Å². The van der Waals surface area contributed by atoms with Crippen LogP contribution in [0, 0.1) is 5.92 Å². The zero-order valence-electron chi connectivity index (χ0n) is 11.3. The van der Waals surface area contributed by atoms with Gasteiger partial charge < -0.3 is 15.2 Å². The van der Waals surface area contributed by atoms with Crippen molar-refractivity contribution in [2.75, 3.05) is 13.2 Å². The largest absolute Gasteiger partial charge is 0.491 e. The van der Waals surface area contributed by atoms with Crippen LogP contribution in [0.15, 0.2) is 24.3 Å². The van der Waals surface area contributed by atoms with Crippen LogP contribution in [0.3, 0.4) is 0 Å². The molecule has 2 unspecified atom stereocenters. The maximum absolute atomic E-state index is 6.23. The summed E-state index contributed by atoms with van der Waals surface area (Å²) in [6.45, 7) is 5.81. The van der Waals surface area contributed by atoms with E-state index in [0.717, 1.165) is 31.8 Å². The van der Waals surface area contributed by atoms with E-state index < -0.39 is 0 Å². The number of nitrogens with two attached hydrogens (primary N) is 1. The van der Waals surface area contributed by atoms with E-state index in [4.69, 9.17) is 15.2 Å². The number of hydrogen-bond acceptors (Lipinski definition) is 3. The minimum absolute atomic E-state index is 0.102. The maximum Gasteiger partial charge on any atom is 0.119 e. The van der Waals surface area contributed by atoms with Crippen molar-refractivity contribution in [2.24, 2.45) is 11.7 Å². The summed E-state index contributed by atoms with van der Waals surface area (Å²) >= 11 is 0. The summed E-state index contributed by atoms with van der Waals surface area (Å²) in [4.78, 5) is 0. The fraction of sp³-hybridized carbons (Fsp3) is 0.600. The lowest BCUT2D eigenvalue weighted by molar-refractivity contribution is 0.182. The van der Waals surface area contributed by atoms with E-state index in [2.05, 4.69) is 12.1 Å². The van der Waals surface area contributed by atoms with Gasteiger partial charge in [-0.05, 0) is 50.3 Å². The van der Waals surface area contributed by atoms with Crippen LogP contribution in [0.2, 0.25) is 0 Å². The monoisotopic (exact) mass is 249 g/mol. The highest BCUT2D eigenvalue weighted by Gasteiger charge is 2.19. The van der Waals surface area contributed by atoms with E-state index in [1.165, 1.54) is 5.56 Å². The third-order valence-electron chi connectivity index (χ3n) is 3.29. The van der Waals surface area contributed by atoms with Crippen LogP contribution in [0.1, 0.15) is 38.3 Å². The second kappa shape index (κ2) is 6.21. The van der Waals surface area contributed by atoms with Crippen molar-refractivity contribution in [3.05, 3.63) is 29.8 Å². The first-order chi connectivity index (χ1) is 8.65. The summed E-state index contributed by atoms with van der Waals surface area (Å²) in [5.41, 5.74) is 7.41. The molecular weight excluding hydrogens is 226 g/mol. The molecule has 1 aromatic carbocycles. The van der Waals surface area contributed by atoms with Crippen LogP contribution in [-0.4, -0.2) is 19.3 Å². The molecule has 0 aliphatic carbocycles. The summed E-state index contributed by atoms with van der Waals surface area (Å²) in [6, 6.07) is 8.24. The van der Waals surface area contributed by atoms with E-state index in [0.29, 0.717) is 5.92 Å². The zero-order valence-corrected chi connectivity index (χ0v) is 11.3. The Bertz CT molecular complexity index is 355. The molecule has 2 atom stereocenters. The van der Waals surface area contributed by atoms with Crippen molar-refractivity contribution in [3.63, 3.8) is 0 Å². The van der Waals surface area contributed by atoms with Crippen LogP contribution < -0.4 is 10.5 Å². The van der Waals surface area contributed by atoms with Gasteiger partial charge in [-0.15, -0.1) is 0 Å². The van der Waals surface area contributed by atoms with Gasteiger partial charge in [0.15, 0.2) is 0 Å². The topological polar surface area (TPSA) is 44.5 Å². The van der Waals surface area contributed by atoms with Gasteiger partial charge in [-0.2, -0.15) is 0 Å². The number of ether oxygens (including phenoxy) is 2. The molecule has 0 aromatic heterocycles. The Morgan fingerprint density at radius 3 is 2.61 bits per heavy atom. The normalized spacial score (nSPS) is 21.2. The third-order valence-corrected chi connectivity index (χ3v) is 3.29. The summed E-state index contributed by atoms with van der Waals surface area (Å²) in [5, 5.41) is 0. The molecule has 0 radical (unpaired) electrons. The Balaban J connectivity index is 1.91. The summed E-state index contributed by atoms with van der Waals surface area (Å²) < 4.78 is 11.0. The molecule has 0 spiro atoms. The van der Waals surface area contributed by atoms with Crippen LogP contribution >= 0.6 is 0 Å². The molecule has 2 rings (SSSR count). The van der Waals surface area contributed by atoms with Gasteiger partial charge in [0.05, 0.1) is 6.10 Å². The number of benzene rings is 1. The first kappa shape index (κ1) is 13.4. The Morgan fingerprint density at radius 2 is 2.06 bits per heavy atom. The van der Waals surface area contributed by atoms with Gasteiger partial charge in [-0.1, -0.05) is 12.1 Å². The fourth-order valence-electron chi connectivity index (χ4n) is 2.33. The van der Waals surface area contributed by atoms with Crippen molar-refractivity contribution in [3.8, 4) is 5.75 Å². The van der Waals surface area contributed by atoms with Crippen LogP contribution in [0.25, 0.3) is 0 Å². The Kier molecular flexibility index (Phi) is 4.61. The number of hydrogen-bond donors (Lipinski definition) is 1. The molecule has 1 fully saturated rings. The minimum atomic E-state index is 0.102. The van der Waals surface area contributed by atoms with E-state index in [-0.39, 0.29) is 12.1 Å². The first-order valence-electron chi connectivity index (χ1n) is 6.75. The molecule has 1 aliphatic heterocycles. The van der Waals surface area contributed by atoms with E-state index in [9.17, 15) is 0 Å². The molecular formula is C15H23NO2. The molecule has 3 heteroatoms. The molecule has 0 saturated carbocycles. The molecule has 3 nitrogen and oxygen atoms in total. The third kappa shape index (κ3) is 3.72. The van der Waals surface area contributed by atoms with Gasteiger partial charge in [0.1, 0.15) is 5.75 Å². The summed E-state index contributed by atoms with van der Waals surface area (Å²) in [7, 11) is 0. The Morgan fingerprint density at radius 1 is 1.33 bits per heavy atom. The van der Waals surface area contributed by atoms with Crippen molar-refractivity contribution in [1.29, 1.82) is 0 Å². The van der Waals surface area contributed by atoms with Crippen molar-refractivity contribution in [2.45, 2.75) is 38.8 Å². The molecule has 1 aliphatic rings. The highest BCUT2D eigenvalue weighted by Crippen LogP contribution is 2.26. The smallest absolute Gasteiger partial charge is 0.119 e. The van der Waals surface area contributed by atoms with E-state index >= 15 is 0 Å². The number of rotatable bonds is 5. The van der Waals surface area contributed by atoms with E-state index in [1.54, 1.807) is 0 Å². The summed E-state index contributed by atoms with van der Waals surface area (Å²) in [5.74, 6) is 1.52. The molecule has 0 bridgehead atoms. The van der Waals surface area contributed by atoms with Crippen molar-refractivity contribution < 1.29 is 9.47 Å². The minimum Gasteiger partial charge on any atom is -0.491 e. The molecule has 100 valence electrons. The molecule has 1 heterocycles. The van der Waals surface area contributed by atoms with Crippen LogP contribution in [-0.2, 0) is 4.74 Å². The average molecular weight is 249 g/mol. The van der Waals surface area contributed by atoms with E-state index in [1.807, 2.05) is 26.0 Å². The molecule has 1 aromatic rings. The SMILES string of the molecule is CC(C)Oc1ccc(C(N)CC2CCOC2)cc1. The van der Waals surface area contributed by atoms with Crippen LogP contribution in [0.5, 0.6) is 5.75 Å². The van der Waals surface area contributed by atoms with Gasteiger partial charge in [-0.3, -0.25) is 0 Å². The summed E-state index contributed by atoms with van der Waals surface area (Å²) in [6.07, 6.45) is 2.35. The van der Waals surface area contributed by atoms with Crippen molar-refractivity contribution >= 4 is 0 Å². The van der Waals surface area contributed by atoms with Gasteiger partial charge in [0, 0.05) is 19.3 Å². The van der Waals surface area contributed by atoms with Crippen LogP contribution in [0.4, 0.5) is 0 Å². The predicted octanol–water partition coefficient (Wildman–Crippen LogP) is 2.90. The maximum atomic E-state index is 6.23. The second-order valence-corrected chi connectivity index (χ2v) is 5.31. The highest BCUT2D eigenvalue weighted by atomic mass is 16.5. The Labute approximate surface area is 109 Å². The lowest BCUT2D eigenvalue weighted by Crippen LogP contribution is -2.15. The highest BCUT2D eigenvalue weighted by molar-refractivity contribution is 5.29. The average Bonchev–Trinajstić information content (AvgIpc) is 2.82. The lowest BCUT2D eigenvalue weighted by Gasteiger charge is -2.16. The quantitative estimate of drug-likeness (QED) is 0.872. The predicted molar refractivity (Wildman–Crippen MR) is 72.7 cm³/mol. The van der Waals surface area contributed by atoms with Gasteiger partial charge in [-0.25, -0.2) is 0 Å². The molecule has 18 heavy (non-hydrogen) atoms. The fourth-order valence-corrected chi connectivity index (χ4v) is 2.33. The lowest BCUT2D eigenvalue weighted by atomic mass is 9.95. The first-order valence-corrected chi connectivity index (χ1v) is 6.75. The standard InChI is InChI=1S/C15H23NO2/c1-11(2)18-14-5-3-13(4-6-14)15(16)9-12-7-8-17-10-12/h3-6,11-12,15H,7-10,16H2,1-2H3. The molecule has 1 saturated heterocycles.